The van der Waals surface area contributed by atoms with Crippen molar-refractivity contribution < 1.29 is 26.3 Å². The minimum atomic E-state index is -5.20. The maximum atomic E-state index is 12.8. The van der Waals surface area contributed by atoms with E-state index in [-0.39, 0.29) is 12.1 Å². The lowest BCUT2D eigenvalue weighted by atomic mass is 10.1. The Kier molecular flexibility index (Phi) is 5.34. The number of allylic oxidation sites excluding steroid dienone is 2. The van der Waals surface area contributed by atoms with E-state index in [0.29, 0.717) is 0 Å². The number of nitriles is 3. The first-order chi connectivity index (χ1) is 11.0. The van der Waals surface area contributed by atoms with Crippen LogP contribution in [0.25, 0.3) is 0 Å². The van der Waals surface area contributed by atoms with Crippen LogP contribution in [0.3, 0.4) is 0 Å². The van der Waals surface area contributed by atoms with E-state index in [9.17, 15) is 26.3 Å². The van der Waals surface area contributed by atoms with Gasteiger partial charge in [-0.25, -0.2) is 0 Å². The van der Waals surface area contributed by atoms with Crippen LogP contribution in [0.2, 0.25) is 5.02 Å². The SMILES string of the molecule is N#CC(C#N)=C(C#N)Nc1cc(C(F)(F)F)cc(C(F)(F)F)c1Cl. The Balaban J connectivity index is 3.67. The number of alkyl halides is 6. The molecule has 1 aromatic rings. The number of anilines is 1. The van der Waals surface area contributed by atoms with E-state index < -0.39 is 45.5 Å². The highest BCUT2D eigenvalue weighted by Gasteiger charge is 2.39. The van der Waals surface area contributed by atoms with E-state index in [2.05, 4.69) is 0 Å². The smallest absolute Gasteiger partial charge is 0.344 e. The van der Waals surface area contributed by atoms with Gasteiger partial charge >= 0.3 is 12.4 Å². The summed E-state index contributed by atoms with van der Waals surface area (Å²) in [7, 11) is 0. The standard InChI is InChI=1S/C13H3ClF6N4/c14-11-8(13(18,19)20)1-7(12(15,16)17)2-9(11)24-10(5-23)6(3-21)4-22/h1-2,24H. The van der Waals surface area contributed by atoms with Gasteiger partial charge in [0.15, 0.2) is 5.57 Å². The first-order valence-electron chi connectivity index (χ1n) is 5.65. The fourth-order valence-electron chi connectivity index (χ4n) is 1.50. The molecule has 24 heavy (non-hydrogen) atoms. The van der Waals surface area contributed by atoms with Gasteiger partial charge in [0.1, 0.15) is 23.9 Å². The second-order valence-corrected chi connectivity index (χ2v) is 4.47. The molecule has 0 aliphatic carbocycles. The fraction of sp³-hybridized carbons (Fsp3) is 0.154. The number of rotatable bonds is 2. The van der Waals surface area contributed by atoms with Crippen molar-refractivity contribution in [2.24, 2.45) is 0 Å². The Morgan fingerprint density at radius 1 is 0.917 bits per heavy atom. The average Bonchev–Trinajstić information content (AvgIpc) is 2.46. The third kappa shape index (κ3) is 4.09. The van der Waals surface area contributed by atoms with Crippen molar-refractivity contribution in [3.8, 4) is 18.2 Å². The quantitative estimate of drug-likeness (QED) is 0.613. The number of nitrogens with one attached hydrogen (secondary N) is 1. The predicted octanol–water partition coefficient (Wildman–Crippen LogP) is 4.61. The monoisotopic (exact) mass is 364 g/mol. The number of hydrogen-bond donors (Lipinski definition) is 1. The van der Waals surface area contributed by atoms with Gasteiger partial charge in [0, 0.05) is 0 Å². The van der Waals surface area contributed by atoms with Gasteiger partial charge in [-0.2, -0.15) is 42.1 Å². The summed E-state index contributed by atoms with van der Waals surface area (Å²) in [5, 5.41) is 26.8. The Morgan fingerprint density at radius 2 is 1.46 bits per heavy atom. The van der Waals surface area contributed by atoms with Crippen LogP contribution in [0.15, 0.2) is 23.4 Å². The van der Waals surface area contributed by atoms with Crippen molar-refractivity contribution in [3.05, 3.63) is 39.6 Å². The Bertz CT molecular complexity index is 802. The number of benzene rings is 1. The van der Waals surface area contributed by atoms with Crippen LogP contribution in [0.4, 0.5) is 32.0 Å². The van der Waals surface area contributed by atoms with Crippen molar-refractivity contribution >= 4 is 17.3 Å². The number of nitrogens with zero attached hydrogens (tertiary/aromatic N) is 3. The maximum absolute atomic E-state index is 12.8. The average molecular weight is 365 g/mol. The van der Waals surface area contributed by atoms with E-state index in [0.717, 1.165) is 0 Å². The molecule has 1 aromatic carbocycles. The summed E-state index contributed by atoms with van der Waals surface area (Å²) >= 11 is 5.46. The molecule has 124 valence electrons. The highest BCUT2D eigenvalue weighted by molar-refractivity contribution is 6.34. The first kappa shape index (κ1) is 19.1. The normalized spacial score (nSPS) is 11.0. The Hall–Kier alpha value is -2.90. The molecule has 1 N–H and O–H groups in total. The highest BCUT2D eigenvalue weighted by Crippen LogP contribution is 2.43. The summed E-state index contributed by atoms with van der Waals surface area (Å²) in [6, 6.07) is 3.91. The van der Waals surface area contributed by atoms with Crippen LogP contribution >= 0.6 is 11.6 Å². The van der Waals surface area contributed by atoms with E-state index in [4.69, 9.17) is 27.4 Å². The minimum Gasteiger partial charge on any atom is -0.344 e. The van der Waals surface area contributed by atoms with Crippen LogP contribution in [-0.2, 0) is 12.4 Å². The van der Waals surface area contributed by atoms with Crippen molar-refractivity contribution in [2.75, 3.05) is 5.32 Å². The van der Waals surface area contributed by atoms with Gasteiger partial charge in [0.2, 0.25) is 0 Å². The summed E-state index contributed by atoms with van der Waals surface area (Å²) < 4.78 is 76.8. The van der Waals surface area contributed by atoms with E-state index >= 15 is 0 Å². The molecule has 0 aliphatic rings. The first-order valence-corrected chi connectivity index (χ1v) is 6.03. The molecular weight excluding hydrogens is 362 g/mol. The lowest BCUT2D eigenvalue weighted by Crippen LogP contribution is -2.13. The van der Waals surface area contributed by atoms with Crippen molar-refractivity contribution in [3.63, 3.8) is 0 Å². The van der Waals surface area contributed by atoms with Gasteiger partial charge < -0.3 is 5.32 Å². The summed E-state index contributed by atoms with van der Waals surface area (Å²) in [4.78, 5) is 0. The summed E-state index contributed by atoms with van der Waals surface area (Å²) in [6.45, 7) is 0. The van der Waals surface area contributed by atoms with Gasteiger partial charge in [-0.05, 0) is 12.1 Å². The molecule has 0 spiro atoms. The molecule has 11 heteroatoms. The van der Waals surface area contributed by atoms with Gasteiger partial charge in [0.25, 0.3) is 0 Å². The van der Waals surface area contributed by atoms with Crippen LogP contribution in [0, 0.1) is 34.0 Å². The summed E-state index contributed by atoms with van der Waals surface area (Å²) in [5.74, 6) is 0. The Morgan fingerprint density at radius 3 is 1.83 bits per heavy atom. The topological polar surface area (TPSA) is 83.4 Å². The molecule has 0 heterocycles. The van der Waals surface area contributed by atoms with Gasteiger partial charge in [0.05, 0.1) is 21.8 Å². The zero-order valence-corrected chi connectivity index (χ0v) is 11.9. The molecule has 0 aliphatic heterocycles. The third-order valence-corrected chi connectivity index (χ3v) is 2.96. The molecule has 0 fully saturated rings. The fourth-order valence-corrected chi connectivity index (χ4v) is 1.77. The van der Waals surface area contributed by atoms with Crippen molar-refractivity contribution in [1.82, 2.24) is 0 Å². The molecular formula is C13H3ClF6N4. The lowest BCUT2D eigenvalue weighted by molar-refractivity contribution is -0.142. The zero-order chi connectivity index (χ0) is 18.7. The molecule has 0 saturated carbocycles. The highest BCUT2D eigenvalue weighted by atomic mass is 35.5. The predicted molar refractivity (Wildman–Crippen MR) is 68.9 cm³/mol. The number of hydrogen-bond acceptors (Lipinski definition) is 4. The molecule has 0 amide bonds. The Labute approximate surface area is 135 Å². The van der Waals surface area contributed by atoms with Crippen molar-refractivity contribution in [1.29, 1.82) is 15.8 Å². The molecule has 4 nitrogen and oxygen atoms in total. The van der Waals surface area contributed by atoms with Gasteiger partial charge in [-0.3, -0.25) is 0 Å². The molecule has 0 atom stereocenters. The molecule has 0 aromatic heterocycles. The summed E-state index contributed by atoms with van der Waals surface area (Å²) in [6.07, 6.45) is -10.3. The number of halogens is 7. The van der Waals surface area contributed by atoms with Crippen molar-refractivity contribution in [2.45, 2.75) is 12.4 Å². The van der Waals surface area contributed by atoms with E-state index in [1.807, 2.05) is 5.32 Å². The lowest BCUT2D eigenvalue weighted by Gasteiger charge is -2.17. The molecule has 0 radical (unpaired) electrons. The molecule has 0 saturated heterocycles. The third-order valence-electron chi connectivity index (χ3n) is 2.55. The second kappa shape index (κ2) is 6.69. The summed E-state index contributed by atoms with van der Waals surface area (Å²) in [5.41, 5.74) is -6.05. The second-order valence-electron chi connectivity index (χ2n) is 4.09. The van der Waals surface area contributed by atoms with Crippen LogP contribution < -0.4 is 5.32 Å². The van der Waals surface area contributed by atoms with E-state index in [1.54, 1.807) is 0 Å². The van der Waals surface area contributed by atoms with Crippen LogP contribution in [0.1, 0.15) is 11.1 Å². The largest absolute Gasteiger partial charge is 0.417 e. The van der Waals surface area contributed by atoms with E-state index in [1.165, 1.54) is 18.2 Å². The van der Waals surface area contributed by atoms with Crippen LogP contribution in [0.5, 0.6) is 0 Å². The van der Waals surface area contributed by atoms with Crippen LogP contribution in [-0.4, -0.2) is 0 Å². The zero-order valence-electron chi connectivity index (χ0n) is 11.1. The molecule has 1 rings (SSSR count). The maximum Gasteiger partial charge on any atom is 0.417 e. The molecule has 0 unspecified atom stereocenters. The minimum absolute atomic E-state index is 0.182. The molecule has 0 bridgehead atoms. The van der Waals surface area contributed by atoms with Gasteiger partial charge in [-0.1, -0.05) is 11.6 Å². The van der Waals surface area contributed by atoms with Gasteiger partial charge in [-0.15, -0.1) is 0 Å².